The molecule has 0 heterocycles. The van der Waals surface area contributed by atoms with Crippen LogP contribution in [0.15, 0.2) is 48.5 Å². The van der Waals surface area contributed by atoms with Crippen molar-refractivity contribution < 1.29 is 10.2 Å². The normalized spacial score (nSPS) is 13.4. The average molecular weight is 318 g/mol. The van der Waals surface area contributed by atoms with E-state index in [4.69, 9.17) is 0 Å². The first kappa shape index (κ1) is 15.4. The van der Waals surface area contributed by atoms with Crippen LogP contribution in [0.25, 0.3) is 32.3 Å². The van der Waals surface area contributed by atoms with E-state index in [2.05, 4.69) is 36.4 Å². The molecule has 2 heteroatoms. The number of hydrogen-bond donors (Lipinski definition) is 2. The van der Waals surface area contributed by atoms with Crippen molar-refractivity contribution in [3.8, 4) is 0 Å². The lowest BCUT2D eigenvalue weighted by molar-refractivity contribution is 0.0796. The number of hydrogen-bond acceptors (Lipinski definition) is 2. The first-order valence-electron chi connectivity index (χ1n) is 8.34. The highest BCUT2D eigenvalue weighted by Crippen LogP contribution is 2.41. The van der Waals surface area contributed by atoms with E-state index in [1.165, 1.54) is 0 Å². The van der Waals surface area contributed by atoms with Gasteiger partial charge in [-0.1, -0.05) is 48.5 Å². The summed E-state index contributed by atoms with van der Waals surface area (Å²) < 4.78 is 0. The second-order valence-electron chi connectivity index (χ2n) is 7.77. The lowest BCUT2D eigenvalue weighted by Gasteiger charge is -2.24. The Hall–Kier alpha value is -2.16. The lowest BCUT2D eigenvalue weighted by Crippen LogP contribution is -2.17. The van der Waals surface area contributed by atoms with E-state index in [0.29, 0.717) is 0 Å². The first-order valence-corrected chi connectivity index (χ1v) is 8.34. The van der Waals surface area contributed by atoms with Crippen molar-refractivity contribution in [1.82, 2.24) is 0 Å². The number of benzene rings is 4. The molecule has 2 nitrogen and oxygen atoms in total. The van der Waals surface area contributed by atoms with Gasteiger partial charge < -0.3 is 10.2 Å². The molecule has 0 saturated carbocycles. The van der Waals surface area contributed by atoms with E-state index in [-0.39, 0.29) is 0 Å². The van der Waals surface area contributed by atoms with Crippen LogP contribution in [0.1, 0.15) is 38.8 Å². The van der Waals surface area contributed by atoms with Gasteiger partial charge in [-0.05, 0) is 71.1 Å². The third kappa shape index (κ3) is 2.10. The SMILES string of the molecule is CC(C)(O)c1ccc2ccc3c(C(C)(C)O)ccc4ccc1c2c43. The summed E-state index contributed by atoms with van der Waals surface area (Å²) in [6.45, 7) is 7.28. The molecule has 0 amide bonds. The molecule has 0 aliphatic carbocycles. The lowest BCUT2D eigenvalue weighted by atomic mass is 9.84. The molecule has 0 spiro atoms. The molecular formula is C22H22O2. The number of rotatable bonds is 2. The minimum atomic E-state index is -0.901. The highest BCUT2D eigenvalue weighted by Gasteiger charge is 2.24. The van der Waals surface area contributed by atoms with Gasteiger partial charge in [0.05, 0.1) is 11.2 Å². The molecule has 0 unspecified atom stereocenters. The van der Waals surface area contributed by atoms with Crippen LogP contribution in [-0.2, 0) is 11.2 Å². The topological polar surface area (TPSA) is 40.5 Å². The van der Waals surface area contributed by atoms with Crippen LogP contribution in [0.3, 0.4) is 0 Å². The Morgan fingerprint density at radius 1 is 0.542 bits per heavy atom. The molecule has 2 N–H and O–H groups in total. The van der Waals surface area contributed by atoms with Crippen LogP contribution in [0, 0.1) is 0 Å². The zero-order valence-corrected chi connectivity index (χ0v) is 14.5. The van der Waals surface area contributed by atoms with Crippen LogP contribution in [0.2, 0.25) is 0 Å². The average Bonchev–Trinajstić information content (AvgIpc) is 2.50. The second-order valence-corrected chi connectivity index (χ2v) is 7.77. The molecule has 24 heavy (non-hydrogen) atoms. The Morgan fingerprint density at radius 2 is 0.875 bits per heavy atom. The van der Waals surface area contributed by atoms with E-state index in [0.717, 1.165) is 43.4 Å². The standard InChI is InChI=1S/C22H22O2/c1-21(2,23)17-11-7-13-6-10-16-18(22(3,4)24)12-8-14-5-9-15(17)19(13)20(14)16/h5-12,23-24H,1-4H3. The fourth-order valence-electron chi connectivity index (χ4n) is 3.87. The van der Waals surface area contributed by atoms with Gasteiger partial charge in [0.2, 0.25) is 0 Å². The van der Waals surface area contributed by atoms with E-state index in [1.807, 2.05) is 39.8 Å². The molecule has 0 bridgehead atoms. The van der Waals surface area contributed by atoms with Crippen LogP contribution in [0.4, 0.5) is 0 Å². The van der Waals surface area contributed by atoms with Gasteiger partial charge in [-0.15, -0.1) is 0 Å². The molecule has 4 aromatic carbocycles. The van der Waals surface area contributed by atoms with Crippen molar-refractivity contribution in [2.75, 3.05) is 0 Å². The third-order valence-corrected chi connectivity index (χ3v) is 4.98. The highest BCUT2D eigenvalue weighted by molar-refractivity contribution is 6.24. The van der Waals surface area contributed by atoms with Crippen LogP contribution >= 0.6 is 0 Å². The summed E-state index contributed by atoms with van der Waals surface area (Å²) in [7, 11) is 0. The Balaban J connectivity index is 2.26. The molecule has 0 aliphatic rings. The van der Waals surface area contributed by atoms with Gasteiger partial charge in [0, 0.05) is 0 Å². The van der Waals surface area contributed by atoms with Crippen molar-refractivity contribution in [2.24, 2.45) is 0 Å². The molecular weight excluding hydrogens is 296 g/mol. The second kappa shape index (κ2) is 4.69. The molecule has 0 aromatic heterocycles. The Kier molecular flexibility index (Phi) is 3.00. The van der Waals surface area contributed by atoms with Crippen LogP contribution in [-0.4, -0.2) is 10.2 Å². The van der Waals surface area contributed by atoms with Crippen molar-refractivity contribution in [3.63, 3.8) is 0 Å². The van der Waals surface area contributed by atoms with E-state index < -0.39 is 11.2 Å². The van der Waals surface area contributed by atoms with Crippen molar-refractivity contribution in [1.29, 1.82) is 0 Å². The van der Waals surface area contributed by atoms with Crippen molar-refractivity contribution in [2.45, 2.75) is 38.9 Å². The van der Waals surface area contributed by atoms with E-state index >= 15 is 0 Å². The minimum absolute atomic E-state index is 0.901. The summed E-state index contributed by atoms with van der Waals surface area (Å²) in [4.78, 5) is 0. The quantitative estimate of drug-likeness (QED) is 0.508. The summed E-state index contributed by atoms with van der Waals surface area (Å²) in [5.41, 5.74) is 0.0547. The Morgan fingerprint density at radius 3 is 1.21 bits per heavy atom. The molecule has 0 saturated heterocycles. The summed E-state index contributed by atoms with van der Waals surface area (Å²) in [5, 5.41) is 27.9. The first-order chi connectivity index (χ1) is 11.2. The van der Waals surface area contributed by atoms with Gasteiger partial charge in [-0.2, -0.15) is 0 Å². The fraction of sp³-hybridized carbons (Fsp3) is 0.273. The largest absolute Gasteiger partial charge is 0.386 e. The van der Waals surface area contributed by atoms with Crippen LogP contribution < -0.4 is 0 Å². The third-order valence-electron chi connectivity index (χ3n) is 4.98. The molecule has 0 fully saturated rings. The highest BCUT2D eigenvalue weighted by atomic mass is 16.3. The maximum absolute atomic E-state index is 10.6. The van der Waals surface area contributed by atoms with E-state index in [9.17, 15) is 10.2 Å². The molecule has 4 aromatic rings. The van der Waals surface area contributed by atoms with Gasteiger partial charge in [-0.3, -0.25) is 0 Å². The van der Waals surface area contributed by atoms with Crippen molar-refractivity contribution >= 4 is 32.3 Å². The van der Waals surface area contributed by atoms with Gasteiger partial charge in [0.25, 0.3) is 0 Å². The predicted octanol–water partition coefficient (Wildman–Crippen LogP) is 5.04. The van der Waals surface area contributed by atoms with Gasteiger partial charge in [0.15, 0.2) is 0 Å². The fourth-order valence-corrected chi connectivity index (χ4v) is 3.87. The molecule has 0 aliphatic heterocycles. The summed E-state index contributed by atoms with van der Waals surface area (Å²) >= 11 is 0. The monoisotopic (exact) mass is 318 g/mol. The van der Waals surface area contributed by atoms with Crippen molar-refractivity contribution in [3.05, 3.63) is 59.7 Å². The Labute approximate surface area is 141 Å². The van der Waals surface area contributed by atoms with Gasteiger partial charge in [0.1, 0.15) is 0 Å². The zero-order chi connectivity index (χ0) is 17.3. The molecule has 0 atom stereocenters. The predicted molar refractivity (Wildman–Crippen MR) is 101 cm³/mol. The number of aliphatic hydroxyl groups is 2. The summed E-state index contributed by atoms with van der Waals surface area (Å²) in [6.07, 6.45) is 0. The van der Waals surface area contributed by atoms with Gasteiger partial charge >= 0.3 is 0 Å². The summed E-state index contributed by atoms with van der Waals surface area (Å²) in [6, 6.07) is 16.6. The van der Waals surface area contributed by atoms with E-state index in [1.54, 1.807) is 0 Å². The molecule has 122 valence electrons. The summed E-state index contributed by atoms with van der Waals surface area (Å²) in [5.74, 6) is 0. The molecule has 0 radical (unpaired) electrons. The van der Waals surface area contributed by atoms with Crippen LogP contribution in [0.5, 0.6) is 0 Å². The Bertz CT molecular complexity index is 975. The molecule has 4 rings (SSSR count). The minimum Gasteiger partial charge on any atom is -0.386 e. The smallest absolute Gasteiger partial charge is 0.0846 e. The maximum atomic E-state index is 10.6. The van der Waals surface area contributed by atoms with Gasteiger partial charge in [-0.25, -0.2) is 0 Å². The zero-order valence-electron chi connectivity index (χ0n) is 14.5. The maximum Gasteiger partial charge on any atom is 0.0846 e.